The summed E-state index contributed by atoms with van der Waals surface area (Å²) in [5.74, 6) is -0.609. The summed E-state index contributed by atoms with van der Waals surface area (Å²) in [6.07, 6.45) is 14.4. The Morgan fingerprint density at radius 1 is 0.690 bits per heavy atom. The van der Waals surface area contributed by atoms with E-state index in [4.69, 9.17) is 14.9 Å². The van der Waals surface area contributed by atoms with Gasteiger partial charge in [-0.2, -0.15) is 0 Å². The number of aliphatic hydroxyl groups is 4. The third-order valence-corrected chi connectivity index (χ3v) is 5.32. The van der Waals surface area contributed by atoms with Crippen LogP contribution in [0.1, 0.15) is 110 Å². The number of unbranched alkanes of at least 4 members (excludes halogenated alkanes) is 10. The van der Waals surface area contributed by atoms with Crippen molar-refractivity contribution in [1.82, 2.24) is 0 Å². The van der Waals surface area contributed by atoms with Crippen LogP contribution >= 0.6 is 0 Å². The normalized spacial score (nSPS) is 13.6. The van der Waals surface area contributed by atoms with Crippen LogP contribution in [0.15, 0.2) is 0 Å². The second-order valence-electron chi connectivity index (χ2n) is 8.24. The van der Waals surface area contributed by atoms with Crippen LogP contribution in [-0.2, 0) is 9.53 Å². The number of carbonyl (C=O) groups excluding carboxylic acids is 1. The van der Waals surface area contributed by atoms with Crippen LogP contribution in [-0.4, -0.2) is 57.9 Å². The SMILES string of the molecule is CCCCCCCCCCC[C@@H](O)CCCCC[C@@H](O)CC(=O)OC(CO)CO. The number of hydrogen-bond donors (Lipinski definition) is 4. The molecule has 0 rings (SSSR count). The Bertz CT molecular complexity index is 359. The second kappa shape index (κ2) is 20.6. The maximum absolute atomic E-state index is 11.5. The maximum atomic E-state index is 11.5. The number of aliphatic hydroxyl groups excluding tert-OH is 4. The fourth-order valence-electron chi connectivity index (χ4n) is 3.43. The topological polar surface area (TPSA) is 107 Å². The van der Waals surface area contributed by atoms with Gasteiger partial charge in [0.25, 0.3) is 0 Å². The molecule has 0 bridgehead atoms. The Morgan fingerprint density at radius 2 is 1.10 bits per heavy atom. The largest absolute Gasteiger partial charge is 0.457 e. The quantitative estimate of drug-likeness (QED) is 0.166. The third kappa shape index (κ3) is 19.0. The molecule has 0 unspecified atom stereocenters. The van der Waals surface area contributed by atoms with E-state index in [2.05, 4.69) is 6.92 Å². The van der Waals surface area contributed by atoms with Gasteiger partial charge < -0.3 is 25.2 Å². The van der Waals surface area contributed by atoms with Gasteiger partial charge in [0.2, 0.25) is 0 Å². The molecule has 2 atom stereocenters. The first-order valence-corrected chi connectivity index (χ1v) is 11.8. The first kappa shape index (κ1) is 28.3. The molecule has 0 radical (unpaired) electrons. The summed E-state index contributed by atoms with van der Waals surface area (Å²) in [7, 11) is 0. The van der Waals surface area contributed by atoms with Gasteiger partial charge in [-0.1, -0.05) is 84.0 Å². The Balaban J connectivity index is 3.48. The van der Waals surface area contributed by atoms with Crippen molar-refractivity contribution in [2.45, 2.75) is 128 Å². The van der Waals surface area contributed by atoms with Crippen molar-refractivity contribution in [3.05, 3.63) is 0 Å². The lowest BCUT2D eigenvalue weighted by Gasteiger charge is -2.15. The van der Waals surface area contributed by atoms with Crippen LogP contribution in [0.2, 0.25) is 0 Å². The van der Waals surface area contributed by atoms with Crippen molar-refractivity contribution in [3.8, 4) is 0 Å². The van der Waals surface area contributed by atoms with Crippen molar-refractivity contribution in [1.29, 1.82) is 0 Å². The highest BCUT2D eigenvalue weighted by molar-refractivity contribution is 5.70. The molecule has 0 aromatic carbocycles. The van der Waals surface area contributed by atoms with E-state index in [1.165, 1.54) is 51.4 Å². The average Bonchev–Trinajstić information content (AvgIpc) is 2.70. The van der Waals surface area contributed by atoms with E-state index in [0.717, 1.165) is 38.5 Å². The molecular weight excluding hydrogens is 372 g/mol. The summed E-state index contributed by atoms with van der Waals surface area (Å²) >= 11 is 0. The monoisotopic (exact) mass is 418 g/mol. The molecule has 0 aromatic heterocycles. The molecule has 6 nitrogen and oxygen atoms in total. The lowest BCUT2D eigenvalue weighted by Crippen LogP contribution is -2.27. The zero-order valence-corrected chi connectivity index (χ0v) is 18.6. The van der Waals surface area contributed by atoms with Crippen LogP contribution < -0.4 is 0 Å². The molecule has 0 aliphatic carbocycles. The molecule has 0 saturated carbocycles. The van der Waals surface area contributed by atoms with Crippen molar-refractivity contribution in [2.75, 3.05) is 13.2 Å². The molecule has 4 N–H and O–H groups in total. The van der Waals surface area contributed by atoms with E-state index in [0.29, 0.717) is 6.42 Å². The van der Waals surface area contributed by atoms with Crippen molar-refractivity contribution in [2.24, 2.45) is 0 Å². The van der Waals surface area contributed by atoms with Gasteiger partial charge in [-0.3, -0.25) is 4.79 Å². The molecule has 6 heteroatoms. The molecular formula is C23H46O6. The van der Waals surface area contributed by atoms with Gasteiger partial charge in [0, 0.05) is 0 Å². The Morgan fingerprint density at radius 3 is 1.59 bits per heavy atom. The summed E-state index contributed by atoms with van der Waals surface area (Å²) in [6, 6.07) is 0. The van der Waals surface area contributed by atoms with Gasteiger partial charge >= 0.3 is 5.97 Å². The highest BCUT2D eigenvalue weighted by atomic mass is 16.6. The van der Waals surface area contributed by atoms with E-state index in [1.54, 1.807) is 0 Å². The zero-order chi connectivity index (χ0) is 21.7. The lowest BCUT2D eigenvalue weighted by molar-refractivity contribution is -0.155. The standard InChI is InChI=1S/C23H46O6/c1-2-3-4-5-6-7-8-9-11-14-20(26)15-12-10-13-16-21(27)17-23(28)29-22(18-24)19-25/h20-22,24-27H,2-19H2,1H3/t20-,21-/m1/s1. The van der Waals surface area contributed by atoms with Crippen molar-refractivity contribution >= 4 is 5.97 Å². The van der Waals surface area contributed by atoms with Crippen LogP contribution in [0, 0.1) is 0 Å². The number of hydrogen-bond acceptors (Lipinski definition) is 6. The third-order valence-electron chi connectivity index (χ3n) is 5.32. The zero-order valence-electron chi connectivity index (χ0n) is 18.6. The summed E-state index contributed by atoms with van der Waals surface area (Å²) < 4.78 is 4.83. The van der Waals surface area contributed by atoms with Crippen LogP contribution in [0.25, 0.3) is 0 Å². The second-order valence-corrected chi connectivity index (χ2v) is 8.24. The predicted octanol–water partition coefficient (Wildman–Crippen LogP) is 3.87. The highest BCUT2D eigenvalue weighted by Crippen LogP contribution is 2.15. The molecule has 0 aliphatic heterocycles. The van der Waals surface area contributed by atoms with E-state index in [-0.39, 0.29) is 12.5 Å². The Kier molecular flexibility index (Phi) is 20.1. The summed E-state index contributed by atoms with van der Waals surface area (Å²) in [6.45, 7) is 1.38. The number of rotatable bonds is 21. The summed E-state index contributed by atoms with van der Waals surface area (Å²) in [5.41, 5.74) is 0. The minimum atomic E-state index is -0.915. The van der Waals surface area contributed by atoms with Gasteiger partial charge in [0.1, 0.15) is 6.10 Å². The summed E-state index contributed by atoms with van der Waals surface area (Å²) in [5, 5.41) is 37.6. The number of esters is 1. The van der Waals surface area contributed by atoms with Crippen LogP contribution in [0.4, 0.5) is 0 Å². The minimum absolute atomic E-state index is 0.127. The molecule has 174 valence electrons. The molecule has 0 heterocycles. The fraction of sp³-hybridized carbons (Fsp3) is 0.957. The van der Waals surface area contributed by atoms with Gasteiger partial charge in [-0.15, -0.1) is 0 Å². The molecule has 0 aromatic rings. The van der Waals surface area contributed by atoms with Gasteiger partial charge in [0.15, 0.2) is 0 Å². The lowest BCUT2D eigenvalue weighted by atomic mass is 10.0. The van der Waals surface area contributed by atoms with Crippen molar-refractivity contribution < 1.29 is 30.0 Å². The highest BCUT2D eigenvalue weighted by Gasteiger charge is 2.16. The van der Waals surface area contributed by atoms with Gasteiger partial charge in [0.05, 0.1) is 31.8 Å². The molecule has 0 saturated heterocycles. The molecule has 29 heavy (non-hydrogen) atoms. The smallest absolute Gasteiger partial charge is 0.308 e. The van der Waals surface area contributed by atoms with Gasteiger partial charge in [-0.05, 0) is 19.3 Å². The van der Waals surface area contributed by atoms with Crippen LogP contribution in [0.3, 0.4) is 0 Å². The fourth-order valence-corrected chi connectivity index (χ4v) is 3.43. The molecule has 0 fully saturated rings. The van der Waals surface area contributed by atoms with E-state index >= 15 is 0 Å². The summed E-state index contributed by atoms with van der Waals surface area (Å²) in [4.78, 5) is 11.5. The van der Waals surface area contributed by atoms with E-state index < -0.39 is 31.4 Å². The minimum Gasteiger partial charge on any atom is -0.457 e. The van der Waals surface area contributed by atoms with E-state index in [1.807, 2.05) is 0 Å². The van der Waals surface area contributed by atoms with Crippen LogP contribution in [0.5, 0.6) is 0 Å². The first-order chi connectivity index (χ1) is 14.0. The van der Waals surface area contributed by atoms with Crippen molar-refractivity contribution in [3.63, 3.8) is 0 Å². The maximum Gasteiger partial charge on any atom is 0.308 e. The van der Waals surface area contributed by atoms with Gasteiger partial charge in [-0.25, -0.2) is 0 Å². The molecule has 0 spiro atoms. The predicted molar refractivity (Wildman–Crippen MR) is 116 cm³/mol. The number of ether oxygens (including phenoxy) is 1. The first-order valence-electron chi connectivity index (χ1n) is 11.8. The Hall–Kier alpha value is -0.690. The molecule has 0 aliphatic rings. The van der Waals surface area contributed by atoms with E-state index in [9.17, 15) is 15.0 Å². The molecule has 0 amide bonds. The average molecular weight is 419 g/mol. The number of carbonyl (C=O) groups is 1. The Labute approximate surface area is 177 Å².